The number of likely N-dealkylation sites (tertiary alicyclic amines) is 1. The first-order valence-corrected chi connectivity index (χ1v) is 3.73. The van der Waals surface area contributed by atoms with Gasteiger partial charge in [0.2, 0.25) is 5.91 Å². The summed E-state index contributed by atoms with van der Waals surface area (Å²) in [5, 5.41) is 0. The number of amides is 1. The van der Waals surface area contributed by atoms with Crippen molar-refractivity contribution in [2.45, 2.75) is 32.7 Å². The zero-order chi connectivity index (χ0) is 8.65. The summed E-state index contributed by atoms with van der Waals surface area (Å²) < 4.78 is 0. The average Bonchev–Trinajstić information content (AvgIpc) is 2.08. The van der Waals surface area contributed by atoms with Crippen LogP contribution < -0.4 is 0 Å². The molecule has 1 amide bonds. The van der Waals surface area contributed by atoms with E-state index in [1.165, 1.54) is 0 Å². The van der Waals surface area contributed by atoms with Crippen LogP contribution in [0.3, 0.4) is 0 Å². The van der Waals surface area contributed by atoms with Gasteiger partial charge in [-0.05, 0) is 20.8 Å². The molecule has 1 aliphatic rings. The van der Waals surface area contributed by atoms with Crippen LogP contribution in [0, 0.1) is 0 Å². The van der Waals surface area contributed by atoms with Gasteiger partial charge < -0.3 is 4.90 Å². The smallest absolute Gasteiger partial charge is 0.230 e. The first kappa shape index (κ1) is 8.24. The maximum Gasteiger partial charge on any atom is 0.230 e. The molecule has 11 heavy (non-hydrogen) atoms. The molecule has 1 fully saturated rings. The van der Waals surface area contributed by atoms with Crippen LogP contribution in [0.2, 0.25) is 0 Å². The maximum absolute atomic E-state index is 11.1. The average molecular weight is 155 g/mol. The van der Waals surface area contributed by atoms with Gasteiger partial charge in [0.05, 0.1) is 13.0 Å². The van der Waals surface area contributed by atoms with Crippen LogP contribution in [-0.2, 0) is 9.59 Å². The van der Waals surface area contributed by atoms with E-state index >= 15 is 0 Å². The summed E-state index contributed by atoms with van der Waals surface area (Å²) in [6.07, 6.45) is 0.0945. The van der Waals surface area contributed by atoms with E-state index in [1.807, 2.05) is 20.8 Å². The van der Waals surface area contributed by atoms with Crippen molar-refractivity contribution in [3.8, 4) is 0 Å². The van der Waals surface area contributed by atoms with E-state index in [0.29, 0.717) is 6.54 Å². The number of Topliss-reactive ketones (excluding diaryl/α,β-unsaturated/α-hetero) is 1. The molecule has 3 heteroatoms. The van der Waals surface area contributed by atoms with Crippen LogP contribution >= 0.6 is 0 Å². The second kappa shape index (κ2) is 2.32. The molecular formula is C8H13NO2. The summed E-state index contributed by atoms with van der Waals surface area (Å²) >= 11 is 0. The van der Waals surface area contributed by atoms with Gasteiger partial charge in [-0.15, -0.1) is 0 Å². The van der Waals surface area contributed by atoms with Gasteiger partial charge in [0.25, 0.3) is 0 Å². The van der Waals surface area contributed by atoms with Crippen molar-refractivity contribution in [1.29, 1.82) is 0 Å². The van der Waals surface area contributed by atoms with Crippen molar-refractivity contribution in [2.75, 3.05) is 6.54 Å². The van der Waals surface area contributed by atoms with E-state index in [9.17, 15) is 9.59 Å². The molecule has 1 heterocycles. The minimum Gasteiger partial charge on any atom is -0.330 e. The molecule has 0 aliphatic carbocycles. The van der Waals surface area contributed by atoms with Crippen LogP contribution in [0.25, 0.3) is 0 Å². The number of carbonyl (C=O) groups excluding carboxylic acids is 2. The third-order valence-electron chi connectivity index (χ3n) is 1.79. The molecule has 1 aliphatic heterocycles. The van der Waals surface area contributed by atoms with Gasteiger partial charge in [-0.2, -0.15) is 0 Å². The summed E-state index contributed by atoms with van der Waals surface area (Å²) in [6.45, 7) is 6.10. The molecule has 0 aromatic carbocycles. The zero-order valence-electron chi connectivity index (χ0n) is 7.18. The molecule has 0 atom stereocenters. The first-order valence-electron chi connectivity index (χ1n) is 3.73. The Labute approximate surface area is 66.4 Å². The quantitative estimate of drug-likeness (QED) is 0.480. The van der Waals surface area contributed by atoms with E-state index in [0.717, 1.165) is 0 Å². The molecule has 3 nitrogen and oxygen atoms in total. The van der Waals surface area contributed by atoms with Gasteiger partial charge in [-0.1, -0.05) is 0 Å². The Hall–Kier alpha value is -0.860. The number of ketones is 1. The summed E-state index contributed by atoms with van der Waals surface area (Å²) in [5.74, 6) is -0.00701. The number of rotatable bonds is 0. The van der Waals surface area contributed by atoms with Crippen LogP contribution in [0.5, 0.6) is 0 Å². The standard InChI is InChI=1S/C8H13NO2/c1-8(2,3)9-5-6(10)4-7(9)11/h4-5H2,1-3H3. The molecule has 0 unspecified atom stereocenters. The van der Waals surface area contributed by atoms with E-state index in [2.05, 4.69) is 0 Å². The minimum absolute atomic E-state index is 0.0323. The molecule has 62 valence electrons. The van der Waals surface area contributed by atoms with Crippen molar-refractivity contribution >= 4 is 11.7 Å². The summed E-state index contributed by atoms with van der Waals surface area (Å²) in [7, 11) is 0. The SMILES string of the molecule is CC(C)(C)N1CC(=O)CC1=O. The Bertz CT molecular complexity index is 203. The lowest BCUT2D eigenvalue weighted by atomic mass is 10.1. The summed E-state index contributed by atoms with van der Waals surface area (Å²) in [4.78, 5) is 23.6. The van der Waals surface area contributed by atoms with Gasteiger partial charge in [0.15, 0.2) is 5.78 Å². The normalized spacial score (nSPS) is 19.7. The lowest BCUT2D eigenvalue weighted by molar-refractivity contribution is -0.131. The predicted octanol–water partition coefficient (Wildman–Crippen LogP) is 0.586. The molecule has 0 N–H and O–H groups in total. The van der Waals surface area contributed by atoms with E-state index in [4.69, 9.17) is 0 Å². The van der Waals surface area contributed by atoms with Crippen LogP contribution in [-0.4, -0.2) is 28.7 Å². The van der Waals surface area contributed by atoms with E-state index < -0.39 is 0 Å². The Balaban J connectivity index is 2.76. The molecular weight excluding hydrogens is 142 g/mol. The Morgan fingerprint density at radius 1 is 1.27 bits per heavy atom. The van der Waals surface area contributed by atoms with Crippen LogP contribution in [0.15, 0.2) is 0 Å². The number of nitrogens with zero attached hydrogens (tertiary/aromatic N) is 1. The third kappa shape index (κ3) is 1.59. The highest BCUT2D eigenvalue weighted by atomic mass is 16.2. The van der Waals surface area contributed by atoms with Gasteiger partial charge in [0, 0.05) is 5.54 Å². The van der Waals surface area contributed by atoms with Crippen molar-refractivity contribution in [3.63, 3.8) is 0 Å². The lowest BCUT2D eigenvalue weighted by Crippen LogP contribution is -2.42. The third-order valence-corrected chi connectivity index (χ3v) is 1.79. The fourth-order valence-corrected chi connectivity index (χ4v) is 1.20. The molecule has 0 bridgehead atoms. The second-order valence-corrected chi connectivity index (χ2v) is 3.87. The number of hydrogen-bond acceptors (Lipinski definition) is 2. The minimum atomic E-state index is -0.205. The van der Waals surface area contributed by atoms with Gasteiger partial charge in [-0.3, -0.25) is 9.59 Å². The molecule has 1 saturated heterocycles. The summed E-state index contributed by atoms with van der Waals surface area (Å²) in [5.41, 5.74) is -0.205. The van der Waals surface area contributed by atoms with Gasteiger partial charge in [0.1, 0.15) is 0 Å². The number of hydrogen-bond donors (Lipinski definition) is 0. The highest BCUT2D eigenvalue weighted by molar-refractivity contribution is 6.05. The number of carbonyl (C=O) groups is 2. The second-order valence-electron chi connectivity index (χ2n) is 3.87. The molecule has 0 radical (unpaired) electrons. The van der Waals surface area contributed by atoms with Gasteiger partial charge in [-0.25, -0.2) is 0 Å². The lowest BCUT2D eigenvalue weighted by Gasteiger charge is -2.30. The van der Waals surface area contributed by atoms with Crippen LogP contribution in [0.4, 0.5) is 0 Å². The monoisotopic (exact) mass is 155 g/mol. The van der Waals surface area contributed by atoms with E-state index in [1.54, 1.807) is 4.90 Å². The predicted molar refractivity (Wildman–Crippen MR) is 41.1 cm³/mol. The van der Waals surface area contributed by atoms with Crippen molar-refractivity contribution in [1.82, 2.24) is 4.90 Å². The van der Waals surface area contributed by atoms with Crippen LogP contribution in [0.1, 0.15) is 27.2 Å². The van der Waals surface area contributed by atoms with E-state index in [-0.39, 0.29) is 23.7 Å². The fourth-order valence-electron chi connectivity index (χ4n) is 1.20. The van der Waals surface area contributed by atoms with Gasteiger partial charge >= 0.3 is 0 Å². The maximum atomic E-state index is 11.1. The highest BCUT2D eigenvalue weighted by Gasteiger charge is 2.34. The Kier molecular flexibility index (Phi) is 1.74. The topological polar surface area (TPSA) is 37.4 Å². The molecule has 0 saturated carbocycles. The highest BCUT2D eigenvalue weighted by Crippen LogP contribution is 2.19. The summed E-state index contributed by atoms with van der Waals surface area (Å²) in [6, 6.07) is 0. The Morgan fingerprint density at radius 3 is 2.00 bits per heavy atom. The van der Waals surface area contributed by atoms with Crippen molar-refractivity contribution < 1.29 is 9.59 Å². The molecule has 0 spiro atoms. The molecule has 1 rings (SSSR count). The molecule has 0 aromatic rings. The van der Waals surface area contributed by atoms with Crippen molar-refractivity contribution in [2.24, 2.45) is 0 Å². The largest absolute Gasteiger partial charge is 0.330 e. The Morgan fingerprint density at radius 2 is 1.82 bits per heavy atom. The first-order chi connectivity index (χ1) is 4.91. The van der Waals surface area contributed by atoms with Crippen molar-refractivity contribution in [3.05, 3.63) is 0 Å². The molecule has 0 aromatic heterocycles. The fraction of sp³-hybridized carbons (Fsp3) is 0.750. The zero-order valence-corrected chi connectivity index (χ0v) is 7.18.